The van der Waals surface area contributed by atoms with Gasteiger partial charge in [0, 0.05) is 25.4 Å². The third-order valence-electron chi connectivity index (χ3n) is 5.47. The fourth-order valence-corrected chi connectivity index (χ4v) is 3.96. The Bertz CT molecular complexity index is 981. The number of aryl methyl sites for hydroxylation is 1. The maximum Gasteiger partial charge on any atom is 0.227 e. The van der Waals surface area contributed by atoms with Crippen LogP contribution in [0.25, 0.3) is 5.82 Å². The van der Waals surface area contributed by atoms with Crippen LogP contribution in [0.2, 0.25) is 0 Å². The first-order valence-electron chi connectivity index (χ1n) is 10.1. The number of benzene rings is 1. The zero-order valence-electron chi connectivity index (χ0n) is 16.9. The molecule has 1 amide bonds. The lowest BCUT2D eigenvalue weighted by molar-refractivity contribution is -0.131. The molecule has 0 saturated carbocycles. The molecular weight excluding hydrogens is 364 g/mol. The first-order valence-corrected chi connectivity index (χ1v) is 10.1. The third kappa shape index (κ3) is 4.01. The molecule has 0 N–H and O–H groups in total. The number of carbonyl (C=O) groups excluding carboxylic acids is 1. The van der Waals surface area contributed by atoms with Gasteiger partial charge in [-0.25, -0.2) is 9.97 Å². The summed E-state index contributed by atoms with van der Waals surface area (Å²) in [6.45, 7) is 2.86. The minimum absolute atomic E-state index is 0.0225. The SMILES string of the molecule is CCc1nccn1-c1cccc([C@H]2CCCN2C(=O)Cc2ccc(OC)cc2)n1. The highest BCUT2D eigenvalue weighted by atomic mass is 16.5. The van der Waals surface area contributed by atoms with E-state index in [1.54, 1.807) is 13.3 Å². The number of pyridine rings is 1. The maximum atomic E-state index is 13.0. The van der Waals surface area contributed by atoms with Gasteiger partial charge in [-0.1, -0.05) is 25.1 Å². The number of likely N-dealkylation sites (tertiary alicyclic amines) is 1. The van der Waals surface area contributed by atoms with Gasteiger partial charge >= 0.3 is 0 Å². The Morgan fingerprint density at radius 1 is 1.21 bits per heavy atom. The Kier molecular flexibility index (Phi) is 5.60. The molecule has 29 heavy (non-hydrogen) atoms. The first kappa shape index (κ1) is 19.2. The van der Waals surface area contributed by atoms with Gasteiger partial charge in [0.25, 0.3) is 0 Å². The molecule has 0 aliphatic carbocycles. The van der Waals surface area contributed by atoms with Gasteiger partial charge in [-0.05, 0) is 42.7 Å². The summed E-state index contributed by atoms with van der Waals surface area (Å²) in [6, 6.07) is 13.7. The number of amides is 1. The average molecular weight is 390 g/mol. The number of imidazole rings is 1. The molecule has 4 rings (SSSR count). The summed E-state index contributed by atoms with van der Waals surface area (Å²) < 4.78 is 7.21. The highest BCUT2D eigenvalue weighted by Crippen LogP contribution is 2.32. The van der Waals surface area contributed by atoms with E-state index in [0.717, 1.165) is 54.5 Å². The van der Waals surface area contributed by atoms with Crippen LogP contribution in [0, 0.1) is 0 Å². The van der Waals surface area contributed by atoms with Crippen molar-refractivity contribution in [2.45, 2.75) is 38.6 Å². The zero-order chi connectivity index (χ0) is 20.2. The predicted molar refractivity (Wildman–Crippen MR) is 111 cm³/mol. The molecule has 1 aromatic carbocycles. The van der Waals surface area contributed by atoms with Gasteiger partial charge in [-0.3, -0.25) is 9.36 Å². The molecule has 3 heterocycles. The van der Waals surface area contributed by atoms with E-state index >= 15 is 0 Å². The van der Waals surface area contributed by atoms with Crippen LogP contribution in [-0.4, -0.2) is 39.0 Å². The van der Waals surface area contributed by atoms with Crippen LogP contribution < -0.4 is 4.74 Å². The molecule has 1 fully saturated rings. The number of ether oxygens (including phenoxy) is 1. The van der Waals surface area contributed by atoms with E-state index < -0.39 is 0 Å². The fourth-order valence-electron chi connectivity index (χ4n) is 3.96. The highest BCUT2D eigenvalue weighted by molar-refractivity contribution is 5.79. The van der Waals surface area contributed by atoms with Crippen molar-refractivity contribution in [3.8, 4) is 11.6 Å². The standard InChI is InChI=1S/C23H26N4O2/c1-3-21-24-13-15-27(21)22-8-4-6-19(25-22)20-7-5-14-26(20)23(28)16-17-9-11-18(29-2)12-10-17/h4,6,8-13,15,20H,3,5,7,14,16H2,1-2H3/t20-/m1/s1. The van der Waals surface area contributed by atoms with Crippen molar-refractivity contribution in [3.05, 3.63) is 71.9 Å². The second-order valence-electron chi connectivity index (χ2n) is 7.26. The Morgan fingerprint density at radius 2 is 2.03 bits per heavy atom. The van der Waals surface area contributed by atoms with E-state index in [0.29, 0.717) is 6.42 Å². The highest BCUT2D eigenvalue weighted by Gasteiger charge is 2.31. The topological polar surface area (TPSA) is 60.2 Å². The first-order chi connectivity index (χ1) is 14.2. The lowest BCUT2D eigenvalue weighted by Gasteiger charge is -2.25. The number of aromatic nitrogens is 3. The van der Waals surface area contributed by atoms with Crippen molar-refractivity contribution in [1.29, 1.82) is 0 Å². The summed E-state index contributed by atoms with van der Waals surface area (Å²) in [4.78, 5) is 24.3. The van der Waals surface area contributed by atoms with Gasteiger partial charge in [-0.15, -0.1) is 0 Å². The Labute approximate surface area is 171 Å². The molecule has 0 unspecified atom stereocenters. The Morgan fingerprint density at radius 3 is 2.79 bits per heavy atom. The summed E-state index contributed by atoms with van der Waals surface area (Å²) >= 11 is 0. The predicted octanol–water partition coefficient (Wildman–Crippen LogP) is 3.74. The molecule has 0 radical (unpaired) electrons. The number of rotatable bonds is 6. The minimum Gasteiger partial charge on any atom is -0.497 e. The molecular formula is C23H26N4O2. The van der Waals surface area contributed by atoms with Crippen LogP contribution in [0.5, 0.6) is 5.75 Å². The smallest absolute Gasteiger partial charge is 0.227 e. The van der Waals surface area contributed by atoms with Crippen LogP contribution in [-0.2, 0) is 17.6 Å². The summed E-state index contributed by atoms with van der Waals surface area (Å²) in [5.74, 6) is 2.77. The summed E-state index contributed by atoms with van der Waals surface area (Å²) in [5.41, 5.74) is 1.94. The van der Waals surface area contributed by atoms with Crippen molar-refractivity contribution < 1.29 is 9.53 Å². The summed E-state index contributed by atoms with van der Waals surface area (Å²) in [5, 5.41) is 0. The van der Waals surface area contributed by atoms with Gasteiger partial charge in [0.15, 0.2) is 0 Å². The number of methoxy groups -OCH3 is 1. The van der Waals surface area contributed by atoms with Gasteiger partial charge in [0.1, 0.15) is 17.4 Å². The van der Waals surface area contributed by atoms with Gasteiger partial charge in [0.2, 0.25) is 5.91 Å². The molecule has 1 saturated heterocycles. The van der Waals surface area contributed by atoms with Gasteiger partial charge in [0.05, 0.1) is 25.3 Å². The van der Waals surface area contributed by atoms with Crippen LogP contribution in [0.3, 0.4) is 0 Å². The van der Waals surface area contributed by atoms with Crippen LogP contribution >= 0.6 is 0 Å². The minimum atomic E-state index is 0.0225. The normalized spacial score (nSPS) is 16.2. The second-order valence-corrected chi connectivity index (χ2v) is 7.26. The lowest BCUT2D eigenvalue weighted by Crippen LogP contribution is -2.32. The van der Waals surface area contributed by atoms with Crippen molar-refractivity contribution >= 4 is 5.91 Å². The maximum absolute atomic E-state index is 13.0. The number of hydrogen-bond acceptors (Lipinski definition) is 4. The van der Waals surface area contributed by atoms with E-state index in [4.69, 9.17) is 9.72 Å². The summed E-state index contributed by atoms with van der Waals surface area (Å²) in [7, 11) is 1.64. The van der Waals surface area contributed by atoms with E-state index in [2.05, 4.69) is 11.9 Å². The monoisotopic (exact) mass is 390 g/mol. The number of nitrogens with zero attached hydrogens (tertiary/aromatic N) is 4. The van der Waals surface area contributed by atoms with E-state index in [1.807, 2.05) is 58.1 Å². The molecule has 1 atom stereocenters. The van der Waals surface area contributed by atoms with E-state index in [1.165, 1.54) is 0 Å². The zero-order valence-corrected chi connectivity index (χ0v) is 16.9. The molecule has 6 nitrogen and oxygen atoms in total. The molecule has 1 aliphatic rings. The van der Waals surface area contributed by atoms with E-state index in [9.17, 15) is 4.79 Å². The van der Waals surface area contributed by atoms with Crippen molar-refractivity contribution in [1.82, 2.24) is 19.4 Å². The molecule has 1 aliphatic heterocycles. The van der Waals surface area contributed by atoms with Gasteiger partial charge < -0.3 is 9.64 Å². The average Bonchev–Trinajstić information content (AvgIpc) is 3.44. The largest absolute Gasteiger partial charge is 0.497 e. The summed E-state index contributed by atoms with van der Waals surface area (Å²) in [6.07, 6.45) is 6.90. The van der Waals surface area contributed by atoms with Crippen LogP contribution in [0.1, 0.15) is 42.9 Å². The van der Waals surface area contributed by atoms with Crippen molar-refractivity contribution in [2.75, 3.05) is 13.7 Å². The quantitative estimate of drug-likeness (QED) is 0.643. The van der Waals surface area contributed by atoms with Crippen molar-refractivity contribution in [3.63, 3.8) is 0 Å². The molecule has 0 spiro atoms. The molecule has 0 bridgehead atoms. The Hall–Kier alpha value is -3.15. The third-order valence-corrected chi connectivity index (χ3v) is 5.47. The lowest BCUT2D eigenvalue weighted by atomic mass is 10.1. The van der Waals surface area contributed by atoms with Crippen LogP contribution in [0.4, 0.5) is 0 Å². The Balaban J connectivity index is 1.53. The number of hydrogen-bond donors (Lipinski definition) is 0. The number of carbonyl (C=O) groups is 1. The van der Waals surface area contributed by atoms with Gasteiger partial charge in [-0.2, -0.15) is 0 Å². The molecule has 6 heteroatoms. The molecule has 3 aromatic rings. The molecule has 2 aromatic heterocycles. The fraction of sp³-hybridized carbons (Fsp3) is 0.348. The molecule has 150 valence electrons. The van der Waals surface area contributed by atoms with Crippen molar-refractivity contribution in [2.24, 2.45) is 0 Å². The van der Waals surface area contributed by atoms with E-state index in [-0.39, 0.29) is 11.9 Å². The van der Waals surface area contributed by atoms with Crippen LogP contribution in [0.15, 0.2) is 54.9 Å². The second kappa shape index (κ2) is 8.47.